The van der Waals surface area contributed by atoms with E-state index in [4.69, 9.17) is 31.4 Å². The van der Waals surface area contributed by atoms with Crippen LogP contribution in [0.5, 0.6) is 0 Å². The summed E-state index contributed by atoms with van der Waals surface area (Å²) in [6, 6.07) is 0. The Bertz CT molecular complexity index is 2860. The summed E-state index contributed by atoms with van der Waals surface area (Å²) in [6.07, 6.45) is -13.3. The zero-order valence-electron chi connectivity index (χ0n) is 32.8. The van der Waals surface area contributed by atoms with Crippen LogP contribution in [0.4, 0.5) is 16.7 Å². The van der Waals surface area contributed by atoms with Crippen molar-refractivity contribution < 1.29 is 112 Å². The van der Waals surface area contributed by atoms with Gasteiger partial charge in [-0.15, -0.1) is 0 Å². The number of rotatable bonds is 19. The lowest BCUT2D eigenvalue weighted by Crippen LogP contribution is -2.49. The van der Waals surface area contributed by atoms with Gasteiger partial charge in [-0.3, -0.25) is 37.7 Å². The van der Waals surface area contributed by atoms with E-state index in [1.807, 2.05) is 0 Å². The second-order valence-corrected chi connectivity index (χ2v) is 21.3. The van der Waals surface area contributed by atoms with E-state index < -0.39 is 119 Å². The Morgan fingerprint density at radius 1 is 0.818 bits per heavy atom. The number of phosphoric ester groups is 2. The predicted molar refractivity (Wildman–Crippen MR) is 207 cm³/mol. The van der Waals surface area contributed by atoms with Gasteiger partial charge in [0, 0.05) is 13.1 Å². The van der Waals surface area contributed by atoms with E-state index in [0.29, 0.717) is 0 Å². The number of aliphatic hydroxyl groups excluding tert-OH is 3. The van der Waals surface area contributed by atoms with Crippen molar-refractivity contribution in [3.05, 3.63) is 33.4 Å². The van der Waals surface area contributed by atoms with Crippen LogP contribution in [-0.4, -0.2) is 143 Å². The molecule has 6 rings (SSSR count). The number of alkyl carbamates (subject to hydrolysis) is 1. The molecule has 5 unspecified atom stereocenters. The number of amides is 1. The molecule has 0 bridgehead atoms. The van der Waals surface area contributed by atoms with Gasteiger partial charge < -0.3 is 76.5 Å². The molecule has 6 heterocycles. The van der Waals surface area contributed by atoms with E-state index in [1.165, 1.54) is 17.9 Å². The lowest BCUT2D eigenvalue weighted by Gasteiger charge is -2.22. The molecule has 0 radical (unpaired) electrons. The van der Waals surface area contributed by atoms with Crippen LogP contribution in [0.15, 0.2) is 22.2 Å². The third-order valence-corrected chi connectivity index (χ3v) is 16.3. The third kappa shape index (κ3) is 11.8. The number of aryl methyl sites for hydroxylation is 1. The van der Waals surface area contributed by atoms with Crippen molar-refractivity contribution in [3.8, 4) is 0 Å². The lowest BCUT2D eigenvalue weighted by atomic mass is 10.1. The van der Waals surface area contributed by atoms with Gasteiger partial charge in [-0.1, -0.05) is 4.98 Å². The maximum atomic E-state index is 12.7. The van der Waals surface area contributed by atoms with Crippen molar-refractivity contribution in [2.24, 2.45) is 12.8 Å². The van der Waals surface area contributed by atoms with E-state index in [-0.39, 0.29) is 47.3 Å². The maximum Gasteiger partial charge on any atom is 0.490 e. The van der Waals surface area contributed by atoms with E-state index in [9.17, 15) is 77.0 Å². The zero-order chi connectivity index (χ0) is 48.9. The summed E-state index contributed by atoms with van der Waals surface area (Å²) in [5.74, 6) is -0.740. The Labute approximate surface area is 363 Å². The van der Waals surface area contributed by atoms with Gasteiger partial charge in [0.1, 0.15) is 30.5 Å². The monoisotopic (exact) mass is 1050 g/mol. The third-order valence-electron chi connectivity index (χ3n) is 8.72. The van der Waals surface area contributed by atoms with Crippen LogP contribution in [0.2, 0.25) is 0 Å². The van der Waals surface area contributed by atoms with Gasteiger partial charge >= 0.3 is 50.9 Å². The first kappa shape index (κ1) is 51.4. The normalized spacial score (nSPS) is 28.0. The average molecular weight is 1050 g/mol. The molecule has 66 heavy (non-hydrogen) atoms. The highest BCUT2D eigenvalue weighted by Crippen LogP contribution is 2.73. The number of hydrogen-bond donors (Lipinski definition) is 14. The average Bonchev–Trinajstić information content (AvgIpc) is 3.89. The topological polar surface area (TPSA) is 556 Å². The zero-order valence-corrected chi connectivity index (χ0v) is 37.2. The van der Waals surface area contributed by atoms with Crippen LogP contribution < -0.4 is 38.2 Å². The minimum Gasteiger partial charge on any atom is -0.437 e. The minimum absolute atomic E-state index is 0.0372. The molecule has 0 saturated carbocycles. The number of aromatic nitrogens is 8. The fraction of sp³-hybridized carbons (Fsp3) is 0.542. The molecule has 4 aromatic heterocycles. The van der Waals surface area contributed by atoms with Crippen LogP contribution in [0.3, 0.4) is 0 Å². The summed E-state index contributed by atoms with van der Waals surface area (Å²) < 4.78 is 107. The first-order valence-corrected chi connectivity index (χ1v) is 25.3. The number of ether oxygens (including phenoxy) is 3. The van der Waals surface area contributed by atoms with Gasteiger partial charge in [0.15, 0.2) is 29.8 Å². The Morgan fingerprint density at radius 3 is 1.92 bits per heavy atom. The number of aliphatic hydroxyl groups is 3. The van der Waals surface area contributed by atoms with E-state index in [1.54, 1.807) is 0 Å². The molecule has 2 aliphatic heterocycles. The summed E-state index contributed by atoms with van der Waals surface area (Å²) in [6.45, 7) is -2.67. The summed E-state index contributed by atoms with van der Waals surface area (Å²) in [7, 11) is -30.0. The number of nitrogens with two attached hydrogens (primary N) is 3. The summed E-state index contributed by atoms with van der Waals surface area (Å²) >= 11 is 0. The van der Waals surface area contributed by atoms with Gasteiger partial charge in [-0.05, 0) is 0 Å². The summed E-state index contributed by atoms with van der Waals surface area (Å²) in [4.78, 5) is 103. The highest BCUT2D eigenvalue weighted by Gasteiger charge is 2.53. The fourth-order valence-electron chi connectivity index (χ4n) is 6.18. The number of phosphoric acid groups is 5. The van der Waals surface area contributed by atoms with E-state index >= 15 is 0 Å². The van der Waals surface area contributed by atoms with Crippen LogP contribution >= 0.6 is 39.1 Å². The Balaban J connectivity index is 1.05. The molecule has 13 atom stereocenters. The van der Waals surface area contributed by atoms with Gasteiger partial charge in [0.05, 0.1) is 26.6 Å². The Kier molecular flexibility index (Phi) is 15.0. The fourth-order valence-corrected chi connectivity index (χ4v) is 12.6. The van der Waals surface area contributed by atoms with Crippen molar-refractivity contribution in [1.82, 2.24) is 39.4 Å². The maximum absolute atomic E-state index is 12.7. The van der Waals surface area contributed by atoms with Crippen molar-refractivity contribution in [3.63, 3.8) is 0 Å². The number of nitrogens with one attached hydrogen (secondary N) is 3. The van der Waals surface area contributed by atoms with Gasteiger partial charge in [0.2, 0.25) is 17.7 Å². The standard InChI is InChI=1S/C24H37N12O25P5/c1-34-7-36(17-11(34)19(41)33-23(27)31-17)21-15(57-24(42)28-3-2-25)13(38)9(56-21)5-54-63(45,46)59-65(49,50)61-66(51,52)60-64(47,48)58-62(43,44)53-4-8-12(37)14(39)20(55-8)35-6-29-10-16(35)30-22(26)32-18(10)40/h6-9,12-15,20-21,37-39H,2-5,25H2,1H3,(H11-,26,27,28,30,31,32,33,40,41,42,43,44,45,46,47,48,49,50,51,52)/p+1/t8-,9-,12-,13-,14-,15-,20-,21-/m1/s1. The Hall–Kier alpha value is -3.96. The second kappa shape index (κ2) is 19.2. The molecular formula is C24H38N12O25P5+. The molecule has 0 aliphatic carbocycles. The molecule has 1 amide bonds. The number of aromatic amines is 2. The molecule has 0 spiro atoms. The number of anilines is 2. The van der Waals surface area contributed by atoms with Crippen LogP contribution in [0.25, 0.3) is 22.3 Å². The summed E-state index contributed by atoms with van der Waals surface area (Å²) in [5.41, 5.74) is 14.3. The first-order valence-electron chi connectivity index (χ1n) is 17.8. The van der Waals surface area contributed by atoms with Crippen LogP contribution in [0.1, 0.15) is 12.5 Å². The highest BCUT2D eigenvalue weighted by atomic mass is 31.3. The number of H-pyrrole nitrogens is 2. The number of imidazole rings is 2. The number of fused-ring (bicyclic) bond motifs is 2. The van der Waals surface area contributed by atoms with E-state index in [0.717, 1.165) is 15.5 Å². The molecular weight excluding hydrogens is 1010 g/mol. The van der Waals surface area contributed by atoms with Crippen molar-refractivity contribution in [1.29, 1.82) is 0 Å². The second-order valence-electron chi connectivity index (χ2n) is 13.5. The molecule has 2 fully saturated rings. The molecule has 17 N–H and O–H groups in total. The molecule has 4 aromatic rings. The number of hydrogen-bond acceptors (Lipinski definition) is 26. The molecule has 368 valence electrons. The Morgan fingerprint density at radius 2 is 1.35 bits per heavy atom. The van der Waals surface area contributed by atoms with Crippen molar-refractivity contribution in [2.75, 3.05) is 37.8 Å². The number of carbonyl (C=O) groups excluding carboxylic acids is 1. The van der Waals surface area contributed by atoms with Gasteiger partial charge in [-0.25, -0.2) is 37.2 Å². The van der Waals surface area contributed by atoms with Crippen molar-refractivity contribution >= 4 is 79.4 Å². The van der Waals surface area contributed by atoms with Crippen LogP contribution in [-0.2, 0) is 70.4 Å². The molecule has 0 aromatic carbocycles. The molecule has 2 aliphatic rings. The smallest absolute Gasteiger partial charge is 0.437 e. The molecule has 2 saturated heterocycles. The first-order chi connectivity index (χ1) is 30.5. The molecule has 37 nitrogen and oxygen atoms in total. The largest absolute Gasteiger partial charge is 0.490 e. The molecule has 42 heteroatoms. The number of carbonyl (C=O) groups is 1. The van der Waals surface area contributed by atoms with E-state index in [2.05, 4.69) is 56.5 Å². The highest BCUT2D eigenvalue weighted by molar-refractivity contribution is 7.71. The van der Waals surface area contributed by atoms with Gasteiger partial charge in [0.25, 0.3) is 17.1 Å². The quantitative estimate of drug-likeness (QED) is 0.0310. The summed E-state index contributed by atoms with van der Waals surface area (Å²) in [5, 5.41) is 34.3. The van der Waals surface area contributed by atoms with Crippen LogP contribution in [0, 0.1) is 0 Å². The number of nitrogen functional groups attached to an aromatic ring is 2. The minimum atomic E-state index is -6.54. The lowest BCUT2D eigenvalue weighted by molar-refractivity contribution is -0.745. The number of nitrogens with zero attached hydrogens (tertiary/aromatic N) is 6. The SMILES string of the molecule is Cn1c[n+]([C@@H]2O[C@H](COP(=O)(O)OP(=O)(O)OP(=O)(O)OP(=O)(O)OP(=O)(O)OC[C@H]3O[C@@H](n4cnc5c(=O)[nH]c(N)nc54)[C@H](O)[C@@H]3O)[C@@H](O)[C@H]2OC(=O)NCCN)c2nc(N)[nH]c(=O)c21. The van der Waals surface area contributed by atoms with Gasteiger partial charge in [-0.2, -0.15) is 22.2 Å². The predicted octanol–water partition coefficient (Wildman–Crippen LogP) is -4.62. The van der Waals surface area contributed by atoms with Crippen molar-refractivity contribution in [2.45, 2.75) is 49.1 Å².